The Morgan fingerprint density at radius 2 is 1.88 bits per heavy atom. The summed E-state index contributed by atoms with van der Waals surface area (Å²) in [6.07, 6.45) is -4.37. The van der Waals surface area contributed by atoms with Crippen molar-refractivity contribution in [3.8, 4) is 0 Å². The van der Waals surface area contributed by atoms with E-state index >= 15 is 0 Å². The zero-order valence-corrected chi connectivity index (χ0v) is 13.7. The number of nitrogens with zero attached hydrogens (tertiary/aromatic N) is 1. The Labute approximate surface area is 143 Å². The topological polar surface area (TPSA) is 77.8 Å². The number of rotatable bonds is 4. The number of amides is 1. The molecular formula is C17H20F3NO4. The zero-order chi connectivity index (χ0) is 18.8. The summed E-state index contributed by atoms with van der Waals surface area (Å²) in [5.74, 6) is -2.42. The second-order valence-corrected chi connectivity index (χ2v) is 6.25. The van der Waals surface area contributed by atoms with Crippen LogP contribution in [0.15, 0.2) is 24.3 Å². The van der Waals surface area contributed by atoms with Crippen molar-refractivity contribution in [1.82, 2.24) is 4.90 Å². The molecule has 5 nitrogen and oxygen atoms in total. The molecule has 2 N–H and O–H groups in total. The molecule has 0 radical (unpaired) electrons. The largest absolute Gasteiger partial charge is 0.479 e. The number of carboxylic acids is 1. The Balaban J connectivity index is 2.16. The van der Waals surface area contributed by atoms with E-state index in [4.69, 9.17) is 5.11 Å². The average Bonchev–Trinajstić information content (AvgIpc) is 2.55. The van der Waals surface area contributed by atoms with Crippen LogP contribution in [0.5, 0.6) is 0 Å². The highest BCUT2D eigenvalue weighted by Crippen LogP contribution is 2.33. The Morgan fingerprint density at radius 1 is 1.28 bits per heavy atom. The first-order valence-corrected chi connectivity index (χ1v) is 8.00. The molecule has 0 aliphatic carbocycles. The first kappa shape index (κ1) is 19.2. The van der Waals surface area contributed by atoms with Crippen LogP contribution in [-0.4, -0.2) is 45.7 Å². The van der Waals surface area contributed by atoms with Crippen LogP contribution in [0.25, 0.3) is 0 Å². The predicted molar refractivity (Wildman–Crippen MR) is 82.9 cm³/mol. The summed E-state index contributed by atoms with van der Waals surface area (Å²) in [6.45, 7) is 1.81. The molecule has 0 spiro atoms. The van der Waals surface area contributed by atoms with Crippen LogP contribution in [0.1, 0.15) is 43.2 Å². The van der Waals surface area contributed by atoms with E-state index in [1.165, 1.54) is 17.0 Å². The zero-order valence-electron chi connectivity index (χ0n) is 13.7. The minimum Gasteiger partial charge on any atom is -0.479 e. The Morgan fingerprint density at radius 3 is 2.36 bits per heavy atom. The van der Waals surface area contributed by atoms with Crippen molar-refractivity contribution in [2.75, 3.05) is 13.1 Å². The van der Waals surface area contributed by atoms with Gasteiger partial charge in [0.05, 0.1) is 11.5 Å². The lowest BCUT2D eigenvalue weighted by Gasteiger charge is -2.37. The average molecular weight is 359 g/mol. The van der Waals surface area contributed by atoms with Crippen LogP contribution in [0.4, 0.5) is 13.2 Å². The minimum atomic E-state index is -4.49. The van der Waals surface area contributed by atoms with Gasteiger partial charge in [0.15, 0.2) is 5.60 Å². The van der Waals surface area contributed by atoms with Crippen LogP contribution < -0.4 is 0 Å². The van der Waals surface area contributed by atoms with E-state index in [0.29, 0.717) is 6.42 Å². The van der Waals surface area contributed by atoms with Crippen LogP contribution in [0, 0.1) is 0 Å². The summed E-state index contributed by atoms with van der Waals surface area (Å²) >= 11 is 0. The van der Waals surface area contributed by atoms with E-state index in [1.807, 2.05) is 0 Å². The molecule has 25 heavy (non-hydrogen) atoms. The van der Waals surface area contributed by atoms with Crippen molar-refractivity contribution in [1.29, 1.82) is 0 Å². The number of hydrogen-bond acceptors (Lipinski definition) is 3. The van der Waals surface area contributed by atoms with Gasteiger partial charge in [0.2, 0.25) is 5.91 Å². The number of aliphatic carboxylic acids is 1. The van der Waals surface area contributed by atoms with E-state index in [9.17, 15) is 27.9 Å². The number of hydrogen-bond donors (Lipinski definition) is 2. The number of benzene rings is 1. The summed E-state index contributed by atoms with van der Waals surface area (Å²) in [4.78, 5) is 25.1. The number of carbonyl (C=O) groups is 2. The van der Waals surface area contributed by atoms with Gasteiger partial charge in [-0.1, -0.05) is 25.1 Å². The number of alkyl halides is 3. The summed E-state index contributed by atoms with van der Waals surface area (Å²) < 4.78 is 38.6. The maximum Gasteiger partial charge on any atom is 0.416 e. The third-order valence-electron chi connectivity index (χ3n) is 4.62. The van der Waals surface area contributed by atoms with E-state index in [1.54, 1.807) is 6.92 Å². The van der Waals surface area contributed by atoms with E-state index in [0.717, 1.165) is 12.1 Å². The number of aliphatic hydroxyl groups is 1. The third kappa shape index (κ3) is 4.12. The number of likely N-dealkylation sites (tertiary alicyclic amines) is 1. The highest BCUT2D eigenvalue weighted by atomic mass is 19.4. The molecule has 1 unspecified atom stereocenters. The molecule has 1 aromatic carbocycles. The smallest absolute Gasteiger partial charge is 0.416 e. The number of carboxylic acid groups (broad SMARTS) is 1. The fraction of sp³-hybridized carbons (Fsp3) is 0.529. The molecule has 1 heterocycles. The molecule has 2 rings (SSSR count). The van der Waals surface area contributed by atoms with Crippen LogP contribution in [0.2, 0.25) is 0 Å². The summed E-state index contributed by atoms with van der Waals surface area (Å²) in [5.41, 5.74) is -2.38. The van der Waals surface area contributed by atoms with E-state index < -0.39 is 29.2 Å². The van der Waals surface area contributed by atoms with Crippen LogP contribution >= 0.6 is 0 Å². The fourth-order valence-electron chi connectivity index (χ4n) is 3.02. The fourth-order valence-corrected chi connectivity index (χ4v) is 3.02. The lowest BCUT2D eigenvalue weighted by atomic mass is 9.89. The molecule has 1 aliphatic heterocycles. The van der Waals surface area contributed by atoms with Crippen molar-refractivity contribution >= 4 is 11.9 Å². The molecule has 138 valence electrons. The Bertz CT molecular complexity index is 652. The lowest BCUT2D eigenvalue weighted by molar-refractivity contribution is -0.165. The van der Waals surface area contributed by atoms with Crippen molar-refractivity contribution in [3.63, 3.8) is 0 Å². The van der Waals surface area contributed by atoms with Gasteiger partial charge in [-0.05, 0) is 18.1 Å². The van der Waals surface area contributed by atoms with Gasteiger partial charge in [-0.3, -0.25) is 4.79 Å². The van der Waals surface area contributed by atoms with Crippen molar-refractivity contribution in [3.05, 3.63) is 35.4 Å². The van der Waals surface area contributed by atoms with Crippen molar-refractivity contribution < 1.29 is 33.0 Å². The maximum absolute atomic E-state index is 12.9. The molecular weight excluding hydrogens is 339 g/mol. The molecule has 1 fully saturated rings. The first-order chi connectivity index (χ1) is 11.6. The summed E-state index contributed by atoms with van der Waals surface area (Å²) in [5, 5.41) is 18.9. The van der Waals surface area contributed by atoms with Crippen LogP contribution in [0.3, 0.4) is 0 Å². The molecule has 0 aromatic heterocycles. The molecule has 1 atom stereocenters. The second-order valence-electron chi connectivity index (χ2n) is 6.25. The van der Waals surface area contributed by atoms with Gasteiger partial charge in [0.25, 0.3) is 0 Å². The van der Waals surface area contributed by atoms with Crippen molar-refractivity contribution in [2.24, 2.45) is 0 Å². The first-order valence-electron chi connectivity index (χ1n) is 8.00. The monoisotopic (exact) mass is 359 g/mol. The lowest BCUT2D eigenvalue weighted by Crippen LogP contribution is -2.51. The van der Waals surface area contributed by atoms with Crippen molar-refractivity contribution in [2.45, 2.75) is 43.9 Å². The number of carbonyl (C=O) groups excluding carboxylic acids is 1. The van der Waals surface area contributed by atoms with Gasteiger partial charge in [-0.15, -0.1) is 0 Å². The quantitative estimate of drug-likeness (QED) is 0.866. The number of piperidine rings is 1. The minimum absolute atomic E-state index is 0.0527. The molecule has 0 bridgehead atoms. The maximum atomic E-state index is 12.9. The SMILES string of the molecule is CCC(C(=O)N1CCC(O)(C(=O)O)CC1)c1cccc(C(F)(F)F)c1. The molecule has 1 aromatic rings. The molecule has 1 saturated heterocycles. The summed E-state index contributed by atoms with van der Waals surface area (Å²) in [6, 6.07) is 4.69. The van der Waals surface area contributed by atoms with Gasteiger partial charge < -0.3 is 15.1 Å². The van der Waals surface area contributed by atoms with Gasteiger partial charge in [0, 0.05) is 25.9 Å². The highest BCUT2D eigenvalue weighted by molar-refractivity contribution is 5.84. The predicted octanol–water partition coefficient (Wildman–Crippen LogP) is 2.64. The van der Waals surface area contributed by atoms with Gasteiger partial charge in [-0.25, -0.2) is 4.79 Å². The summed E-state index contributed by atoms with van der Waals surface area (Å²) in [7, 11) is 0. The molecule has 8 heteroatoms. The van der Waals surface area contributed by atoms with E-state index in [-0.39, 0.29) is 37.4 Å². The second kappa shape index (κ2) is 7.03. The molecule has 1 aliphatic rings. The number of halogens is 3. The third-order valence-corrected chi connectivity index (χ3v) is 4.62. The standard InChI is InChI=1S/C17H20F3NO4/c1-2-13(11-4-3-5-12(10-11)17(18,19)20)14(22)21-8-6-16(25,7-9-21)15(23)24/h3-5,10,13,25H,2,6-9H2,1H3,(H,23,24). The van der Waals surface area contributed by atoms with E-state index in [2.05, 4.69) is 0 Å². The van der Waals surface area contributed by atoms with Gasteiger partial charge in [0.1, 0.15) is 0 Å². The van der Waals surface area contributed by atoms with Gasteiger partial charge >= 0.3 is 12.1 Å². The van der Waals surface area contributed by atoms with Crippen LogP contribution in [-0.2, 0) is 15.8 Å². The molecule has 0 saturated carbocycles. The Hall–Kier alpha value is -2.09. The Kier molecular flexibility index (Phi) is 5.41. The molecule has 1 amide bonds. The van der Waals surface area contributed by atoms with Gasteiger partial charge in [-0.2, -0.15) is 13.2 Å². The highest BCUT2D eigenvalue weighted by Gasteiger charge is 2.41. The normalized spacial score (nSPS) is 18.7.